The number of thiophene rings is 1. The van der Waals surface area contributed by atoms with Gasteiger partial charge in [0, 0.05) is 38.2 Å². The van der Waals surface area contributed by atoms with Crippen molar-refractivity contribution in [1.29, 1.82) is 0 Å². The monoisotopic (exact) mass is 410 g/mol. The molecule has 6 nitrogen and oxygen atoms in total. The Morgan fingerprint density at radius 1 is 1.10 bits per heavy atom. The lowest BCUT2D eigenvalue weighted by Crippen LogP contribution is -2.48. The van der Waals surface area contributed by atoms with E-state index < -0.39 is 0 Å². The van der Waals surface area contributed by atoms with Gasteiger partial charge in [-0.15, -0.1) is 11.3 Å². The summed E-state index contributed by atoms with van der Waals surface area (Å²) >= 11 is 1.54. The molecule has 0 bridgehead atoms. The minimum atomic E-state index is 0.173. The van der Waals surface area contributed by atoms with Gasteiger partial charge >= 0.3 is 0 Å². The smallest absolute Gasteiger partial charge is 0.264 e. The summed E-state index contributed by atoms with van der Waals surface area (Å²) in [5.74, 6) is 1.50. The van der Waals surface area contributed by atoms with E-state index in [2.05, 4.69) is 34.1 Å². The van der Waals surface area contributed by atoms with Crippen molar-refractivity contribution in [3.8, 4) is 11.4 Å². The highest BCUT2D eigenvalue weighted by Gasteiger charge is 2.23. The van der Waals surface area contributed by atoms with Crippen molar-refractivity contribution in [2.24, 2.45) is 0 Å². The Hall–Kier alpha value is -2.51. The Morgan fingerprint density at radius 3 is 2.55 bits per heavy atom. The van der Waals surface area contributed by atoms with Gasteiger partial charge in [-0.1, -0.05) is 35.0 Å². The van der Waals surface area contributed by atoms with Crippen LogP contribution in [0.5, 0.6) is 0 Å². The number of rotatable bonds is 6. The fraction of sp³-hybridized carbons (Fsp3) is 0.409. The summed E-state index contributed by atoms with van der Waals surface area (Å²) in [7, 11) is 0. The van der Waals surface area contributed by atoms with E-state index >= 15 is 0 Å². The zero-order valence-electron chi connectivity index (χ0n) is 16.9. The van der Waals surface area contributed by atoms with E-state index in [1.165, 1.54) is 16.9 Å². The molecule has 0 radical (unpaired) electrons. The maximum atomic E-state index is 12.6. The predicted octanol–water partition coefficient (Wildman–Crippen LogP) is 3.81. The van der Waals surface area contributed by atoms with E-state index in [1.54, 1.807) is 0 Å². The Bertz CT molecular complexity index is 955. The maximum Gasteiger partial charge on any atom is 0.264 e. The van der Waals surface area contributed by atoms with Crippen LogP contribution in [0.15, 0.2) is 40.2 Å². The van der Waals surface area contributed by atoms with Crippen molar-refractivity contribution in [2.45, 2.75) is 26.7 Å². The van der Waals surface area contributed by atoms with Crippen molar-refractivity contribution >= 4 is 17.2 Å². The molecule has 7 heteroatoms. The molecule has 2 aromatic heterocycles. The molecule has 1 saturated heterocycles. The molecule has 1 aliphatic heterocycles. The van der Waals surface area contributed by atoms with Crippen LogP contribution in [0.4, 0.5) is 0 Å². The van der Waals surface area contributed by atoms with Gasteiger partial charge < -0.3 is 9.42 Å². The quantitative estimate of drug-likeness (QED) is 0.618. The first-order valence-electron chi connectivity index (χ1n) is 10.1. The molecule has 0 N–H and O–H groups in total. The third-order valence-electron chi connectivity index (χ3n) is 5.36. The Labute approximate surface area is 175 Å². The Morgan fingerprint density at radius 2 is 1.86 bits per heavy atom. The molecule has 0 saturated carbocycles. The summed E-state index contributed by atoms with van der Waals surface area (Å²) in [4.78, 5) is 22.4. The lowest BCUT2D eigenvalue weighted by Gasteiger charge is -2.34. The van der Waals surface area contributed by atoms with Crippen LogP contribution in [0.1, 0.15) is 33.1 Å². The first kappa shape index (κ1) is 19.8. The van der Waals surface area contributed by atoms with Gasteiger partial charge in [-0.3, -0.25) is 9.69 Å². The van der Waals surface area contributed by atoms with Gasteiger partial charge in [0.1, 0.15) is 0 Å². The number of benzene rings is 1. The molecule has 1 aromatic carbocycles. The number of hydrogen-bond donors (Lipinski definition) is 0. The van der Waals surface area contributed by atoms with E-state index in [4.69, 9.17) is 4.52 Å². The molecule has 0 spiro atoms. The number of amides is 1. The second-order valence-electron chi connectivity index (χ2n) is 7.55. The second kappa shape index (κ2) is 8.88. The van der Waals surface area contributed by atoms with E-state index in [9.17, 15) is 4.79 Å². The highest BCUT2D eigenvalue weighted by Crippen LogP contribution is 2.19. The van der Waals surface area contributed by atoms with Crippen LogP contribution in [0.2, 0.25) is 0 Å². The number of piperazine rings is 1. The predicted molar refractivity (Wildman–Crippen MR) is 114 cm³/mol. The Balaban J connectivity index is 1.22. The highest BCUT2D eigenvalue weighted by atomic mass is 32.1. The second-order valence-corrected chi connectivity index (χ2v) is 8.46. The van der Waals surface area contributed by atoms with Gasteiger partial charge in [-0.2, -0.15) is 4.98 Å². The number of aromatic nitrogens is 2. The third kappa shape index (κ3) is 4.74. The van der Waals surface area contributed by atoms with Crippen LogP contribution in [0, 0.1) is 13.8 Å². The standard InChI is InChI=1S/C22H26N4O2S/c1-16-5-7-18(8-6-16)21-23-19(28-24-21)4-3-10-25-11-13-26(14-12-25)22(27)20-17(2)9-15-29-20/h5-9,15H,3-4,10-14H2,1-2H3. The molecule has 1 fully saturated rings. The topological polar surface area (TPSA) is 62.5 Å². The van der Waals surface area contributed by atoms with Crippen molar-refractivity contribution in [3.05, 3.63) is 57.6 Å². The van der Waals surface area contributed by atoms with Gasteiger partial charge in [0.25, 0.3) is 5.91 Å². The van der Waals surface area contributed by atoms with Crippen molar-refractivity contribution in [3.63, 3.8) is 0 Å². The number of aryl methyl sites for hydroxylation is 3. The minimum absolute atomic E-state index is 0.173. The number of carbonyl (C=O) groups is 1. The molecule has 0 aliphatic carbocycles. The first-order valence-corrected chi connectivity index (χ1v) is 10.9. The molecule has 4 rings (SSSR count). The van der Waals surface area contributed by atoms with Crippen LogP contribution in [-0.2, 0) is 6.42 Å². The summed E-state index contributed by atoms with van der Waals surface area (Å²) in [6.07, 6.45) is 1.74. The molecule has 3 heterocycles. The van der Waals surface area contributed by atoms with Gasteiger partial charge in [0.2, 0.25) is 11.7 Å². The summed E-state index contributed by atoms with van der Waals surface area (Å²) < 4.78 is 5.41. The zero-order valence-corrected chi connectivity index (χ0v) is 17.7. The number of carbonyl (C=O) groups excluding carboxylic acids is 1. The van der Waals surface area contributed by atoms with Crippen LogP contribution in [0.25, 0.3) is 11.4 Å². The van der Waals surface area contributed by atoms with Crippen LogP contribution >= 0.6 is 11.3 Å². The Kier molecular flexibility index (Phi) is 6.06. The van der Waals surface area contributed by atoms with E-state index in [-0.39, 0.29) is 5.91 Å². The van der Waals surface area contributed by atoms with Crippen LogP contribution < -0.4 is 0 Å². The van der Waals surface area contributed by atoms with Gasteiger partial charge in [-0.05, 0) is 43.8 Å². The molecule has 0 unspecified atom stereocenters. The largest absolute Gasteiger partial charge is 0.339 e. The molecule has 29 heavy (non-hydrogen) atoms. The molecular formula is C22H26N4O2S. The maximum absolute atomic E-state index is 12.6. The molecule has 1 amide bonds. The van der Waals surface area contributed by atoms with Crippen molar-refractivity contribution in [2.75, 3.05) is 32.7 Å². The van der Waals surface area contributed by atoms with Gasteiger partial charge in [-0.25, -0.2) is 0 Å². The summed E-state index contributed by atoms with van der Waals surface area (Å²) in [6, 6.07) is 10.1. The number of nitrogens with zero attached hydrogens (tertiary/aromatic N) is 4. The van der Waals surface area contributed by atoms with Gasteiger partial charge in [0.05, 0.1) is 4.88 Å². The lowest BCUT2D eigenvalue weighted by atomic mass is 10.1. The fourth-order valence-electron chi connectivity index (χ4n) is 3.54. The summed E-state index contributed by atoms with van der Waals surface area (Å²) in [5, 5.41) is 6.09. The fourth-order valence-corrected chi connectivity index (χ4v) is 4.43. The van der Waals surface area contributed by atoms with E-state index in [0.29, 0.717) is 11.7 Å². The normalized spacial score (nSPS) is 15.0. The van der Waals surface area contributed by atoms with Gasteiger partial charge in [0.15, 0.2) is 0 Å². The van der Waals surface area contributed by atoms with E-state index in [1.807, 2.05) is 35.4 Å². The minimum Gasteiger partial charge on any atom is -0.339 e. The molecule has 152 valence electrons. The molecule has 3 aromatic rings. The summed E-state index contributed by atoms with van der Waals surface area (Å²) in [5.41, 5.74) is 3.27. The molecule has 1 aliphatic rings. The average Bonchev–Trinajstić information content (AvgIpc) is 3.38. The third-order valence-corrected chi connectivity index (χ3v) is 6.36. The van der Waals surface area contributed by atoms with Crippen LogP contribution in [-0.4, -0.2) is 58.6 Å². The summed E-state index contributed by atoms with van der Waals surface area (Å²) in [6.45, 7) is 8.43. The number of hydrogen-bond acceptors (Lipinski definition) is 6. The average molecular weight is 411 g/mol. The van der Waals surface area contributed by atoms with E-state index in [0.717, 1.165) is 61.6 Å². The highest BCUT2D eigenvalue weighted by molar-refractivity contribution is 7.12. The molecular weight excluding hydrogens is 384 g/mol. The van der Waals surface area contributed by atoms with Crippen LogP contribution in [0.3, 0.4) is 0 Å². The first-order chi connectivity index (χ1) is 14.1. The SMILES string of the molecule is Cc1ccc(-c2noc(CCCN3CCN(C(=O)c4sccc4C)CC3)n2)cc1. The zero-order chi connectivity index (χ0) is 20.2. The van der Waals surface area contributed by atoms with Crippen molar-refractivity contribution < 1.29 is 9.32 Å². The van der Waals surface area contributed by atoms with Crippen molar-refractivity contribution in [1.82, 2.24) is 19.9 Å². The molecule has 0 atom stereocenters. The lowest BCUT2D eigenvalue weighted by molar-refractivity contribution is 0.0639.